The third-order valence-electron chi connectivity index (χ3n) is 3.51. The summed E-state index contributed by atoms with van der Waals surface area (Å²) in [5.74, 6) is 1.01. The van der Waals surface area contributed by atoms with Crippen molar-refractivity contribution in [3.8, 4) is 11.3 Å². The number of aryl methyl sites for hydroxylation is 1. The van der Waals surface area contributed by atoms with E-state index in [0.29, 0.717) is 0 Å². The molecular formula is C15H17BrN4. The van der Waals surface area contributed by atoms with Gasteiger partial charge in [-0.2, -0.15) is 0 Å². The predicted molar refractivity (Wildman–Crippen MR) is 85.0 cm³/mol. The lowest BCUT2D eigenvalue weighted by Crippen LogP contribution is -2.44. The molecule has 1 aliphatic rings. The van der Waals surface area contributed by atoms with Crippen molar-refractivity contribution in [3.63, 3.8) is 0 Å². The van der Waals surface area contributed by atoms with Gasteiger partial charge < -0.3 is 10.2 Å². The summed E-state index contributed by atoms with van der Waals surface area (Å²) in [4.78, 5) is 2.30. The van der Waals surface area contributed by atoms with Gasteiger partial charge >= 0.3 is 0 Å². The first kappa shape index (κ1) is 13.5. The van der Waals surface area contributed by atoms with Crippen LogP contribution in [0.1, 0.15) is 5.56 Å². The van der Waals surface area contributed by atoms with Gasteiger partial charge in [0, 0.05) is 36.2 Å². The van der Waals surface area contributed by atoms with Crippen LogP contribution in [0.4, 0.5) is 5.82 Å². The zero-order valence-corrected chi connectivity index (χ0v) is 13.0. The van der Waals surface area contributed by atoms with E-state index in [1.165, 1.54) is 5.56 Å². The van der Waals surface area contributed by atoms with Crippen molar-refractivity contribution in [2.45, 2.75) is 6.92 Å². The average Bonchev–Trinajstić information content (AvgIpc) is 2.49. The van der Waals surface area contributed by atoms with Crippen LogP contribution in [0, 0.1) is 6.92 Å². The molecule has 0 atom stereocenters. The second-order valence-electron chi connectivity index (χ2n) is 4.98. The molecular weight excluding hydrogens is 316 g/mol. The molecule has 0 bridgehead atoms. The first-order valence-electron chi connectivity index (χ1n) is 6.80. The van der Waals surface area contributed by atoms with Crippen molar-refractivity contribution >= 4 is 21.7 Å². The van der Waals surface area contributed by atoms with E-state index in [0.717, 1.165) is 47.7 Å². The zero-order valence-electron chi connectivity index (χ0n) is 11.4. The summed E-state index contributed by atoms with van der Waals surface area (Å²) in [6.07, 6.45) is 0. The Hall–Kier alpha value is -1.46. The van der Waals surface area contributed by atoms with Crippen molar-refractivity contribution in [1.29, 1.82) is 0 Å². The number of piperazine rings is 1. The minimum atomic E-state index is 0.925. The van der Waals surface area contributed by atoms with Crippen LogP contribution in [-0.4, -0.2) is 36.4 Å². The molecule has 5 heteroatoms. The van der Waals surface area contributed by atoms with E-state index < -0.39 is 0 Å². The normalized spacial score (nSPS) is 15.4. The third kappa shape index (κ3) is 2.83. The van der Waals surface area contributed by atoms with Gasteiger partial charge in [-0.05, 0) is 30.7 Å². The van der Waals surface area contributed by atoms with Gasteiger partial charge in [-0.1, -0.05) is 28.1 Å². The molecule has 1 N–H and O–H groups in total. The Balaban J connectivity index is 1.88. The van der Waals surface area contributed by atoms with Crippen LogP contribution >= 0.6 is 15.9 Å². The average molecular weight is 333 g/mol. The van der Waals surface area contributed by atoms with E-state index in [9.17, 15) is 0 Å². The number of rotatable bonds is 2. The summed E-state index contributed by atoms with van der Waals surface area (Å²) in [5.41, 5.74) is 3.20. The molecule has 1 aromatic carbocycles. The number of benzene rings is 1. The molecule has 0 unspecified atom stereocenters. The minimum Gasteiger partial charge on any atom is -0.352 e. The number of halogens is 1. The Morgan fingerprint density at radius 3 is 2.45 bits per heavy atom. The van der Waals surface area contributed by atoms with Crippen molar-refractivity contribution in [3.05, 3.63) is 40.4 Å². The van der Waals surface area contributed by atoms with Crippen LogP contribution in [0.5, 0.6) is 0 Å². The van der Waals surface area contributed by atoms with Crippen LogP contribution < -0.4 is 10.2 Å². The van der Waals surface area contributed by atoms with E-state index in [2.05, 4.69) is 61.5 Å². The largest absolute Gasteiger partial charge is 0.352 e. The van der Waals surface area contributed by atoms with Gasteiger partial charge in [0.2, 0.25) is 0 Å². The van der Waals surface area contributed by atoms with E-state index in [1.54, 1.807) is 0 Å². The van der Waals surface area contributed by atoms with Crippen LogP contribution in [0.15, 0.2) is 34.8 Å². The molecule has 1 fully saturated rings. The molecule has 104 valence electrons. The fourth-order valence-electron chi connectivity index (χ4n) is 2.43. The predicted octanol–water partition coefficient (Wildman–Crippen LogP) is 2.62. The second-order valence-corrected chi connectivity index (χ2v) is 5.90. The molecule has 0 aliphatic carbocycles. The Kier molecular flexibility index (Phi) is 3.98. The maximum atomic E-state index is 4.44. The first-order chi connectivity index (χ1) is 9.74. The quantitative estimate of drug-likeness (QED) is 0.917. The van der Waals surface area contributed by atoms with E-state index in [4.69, 9.17) is 0 Å². The highest BCUT2D eigenvalue weighted by molar-refractivity contribution is 9.10. The lowest BCUT2D eigenvalue weighted by Gasteiger charge is -2.29. The fraction of sp³-hybridized carbons (Fsp3) is 0.333. The van der Waals surface area contributed by atoms with E-state index in [1.807, 2.05) is 12.1 Å². The lowest BCUT2D eigenvalue weighted by molar-refractivity contribution is 0.581. The van der Waals surface area contributed by atoms with Gasteiger partial charge in [0.05, 0.1) is 5.69 Å². The maximum Gasteiger partial charge on any atom is 0.154 e. The van der Waals surface area contributed by atoms with Gasteiger partial charge in [0.15, 0.2) is 5.82 Å². The van der Waals surface area contributed by atoms with Gasteiger partial charge in [0.1, 0.15) is 0 Å². The van der Waals surface area contributed by atoms with E-state index >= 15 is 0 Å². The second kappa shape index (κ2) is 5.89. The van der Waals surface area contributed by atoms with Crippen molar-refractivity contribution < 1.29 is 0 Å². The molecule has 2 aromatic rings. The summed E-state index contributed by atoms with van der Waals surface area (Å²) in [6, 6.07) is 10.3. The smallest absolute Gasteiger partial charge is 0.154 e. The third-order valence-corrected chi connectivity index (χ3v) is 4.04. The minimum absolute atomic E-state index is 0.925. The van der Waals surface area contributed by atoms with Crippen LogP contribution in [0.2, 0.25) is 0 Å². The Morgan fingerprint density at radius 2 is 1.80 bits per heavy atom. The molecule has 4 nitrogen and oxygen atoms in total. The van der Waals surface area contributed by atoms with Gasteiger partial charge in [-0.15, -0.1) is 10.2 Å². The monoisotopic (exact) mass is 332 g/mol. The molecule has 3 rings (SSSR count). The summed E-state index contributed by atoms with van der Waals surface area (Å²) in [6.45, 7) is 6.11. The molecule has 0 radical (unpaired) electrons. The SMILES string of the molecule is Cc1cc(-c2ccc(Br)cc2)nnc1N1CCNCC1. The van der Waals surface area contributed by atoms with Crippen LogP contribution in [-0.2, 0) is 0 Å². The van der Waals surface area contributed by atoms with Crippen LogP contribution in [0.25, 0.3) is 11.3 Å². The van der Waals surface area contributed by atoms with Crippen molar-refractivity contribution in [2.75, 3.05) is 31.1 Å². The topological polar surface area (TPSA) is 41.1 Å². The molecule has 2 heterocycles. The van der Waals surface area contributed by atoms with Crippen LogP contribution in [0.3, 0.4) is 0 Å². The highest BCUT2D eigenvalue weighted by Gasteiger charge is 2.15. The molecule has 0 saturated carbocycles. The maximum absolute atomic E-state index is 4.44. The molecule has 0 spiro atoms. The number of hydrogen-bond acceptors (Lipinski definition) is 4. The summed E-state index contributed by atoms with van der Waals surface area (Å²) in [7, 11) is 0. The number of nitrogens with one attached hydrogen (secondary N) is 1. The number of nitrogens with zero attached hydrogens (tertiary/aromatic N) is 3. The first-order valence-corrected chi connectivity index (χ1v) is 7.59. The molecule has 0 amide bonds. The van der Waals surface area contributed by atoms with Gasteiger partial charge in [-0.3, -0.25) is 0 Å². The summed E-state index contributed by atoms with van der Waals surface area (Å²) < 4.78 is 1.07. The highest BCUT2D eigenvalue weighted by Crippen LogP contribution is 2.24. The van der Waals surface area contributed by atoms with Gasteiger partial charge in [-0.25, -0.2) is 0 Å². The highest BCUT2D eigenvalue weighted by atomic mass is 79.9. The summed E-state index contributed by atoms with van der Waals surface area (Å²) >= 11 is 3.45. The van der Waals surface area contributed by atoms with E-state index in [-0.39, 0.29) is 0 Å². The molecule has 1 aliphatic heterocycles. The number of aromatic nitrogens is 2. The van der Waals surface area contributed by atoms with Gasteiger partial charge in [0.25, 0.3) is 0 Å². The standard InChI is InChI=1S/C15H17BrN4/c1-11-10-14(12-2-4-13(16)5-3-12)18-19-15(11)20-8-6-17-7-9-20/h2-5,10,17H,6-9H2,1H3. The number of hydrogen-bond donors (Lipinski definition) is 1. The molecule has 1 aromatic heterocycles. The Bertz CT molecular complexity index is 591. The Morgan fingerprint density at radius 1 is 1.10 bits per heavy atom. The molecule has 1 saturated heterocycles. The Labute approximate surface area is 127 Å². The fourth-order valence-corrected chi connectivity index (χ4v) is 2.69. The lowest BCUT2D eigenvalue weighted by atomic mass is 10.1. The summed E-state index contributed by atoms with van der Waals surface area (Å²) in [5, 5.41) is 12.2. The number of anilines is 1. The zero-order chi connectivity index (χ0) is 13.9. The van der Waals surface area contributed by atoms with Crippen molar-refractivity contribution in [1.82, 2.24) is 15.5 Å². The van der Waals surface area contributed by atoms with Crippen molar-refractivity contribution in [2.24, 2.45) is 0 Å². The molecule has 20 heavy (non-hydrogen) atoms.